The molecule has 0 N–H and O–H groups in total. The lowest BCUT2D eigenvalue weighted by molar-refractivity contribution is 0.0863. The molecular weight excluding hydrogens is 203 g/mol. The van der Waals surface area contributed by atoms with Crippen molar-refractivity contribution in [1.82, 2.24) is 0 Å². The van der Waals surface area contributed by atoms with Crippen LogP contribution in [-0.4, -0.2) is 5.78 Å². The number of Topliss-reactive ketones (excluding diaryl/α,β-unsaturated/α-hetero) is 1. The molecule has 0 radical (unpaired) electrons. The molecule has 14 heavy (non-hydrogen) atoms. The predicted molar refractivity (Wildman–Crippen MR) is 53.2 cm³/mol. The van der Waals surface area contributed by atoms with Crippen LogP contribution < -0.4 is 0 Å². The minimum absolute atomic E-state index is 0.0583. The summed E-state index contributed by atoms with van der Waals surface area (Å²) in [6.45, 7) is 3.62. The minimum Gasteiger partial charge on any atom is -0.293 e. The number of ketones is 1. The SMILES string of the molecule is CC1(C)Cc2c(F)ccc(Cl)c2C1=O. The molecule has 1 aliphatic rings. The first-order valence-electron chi connectivity index (χ1n) is 4.45. The van der Waals surface area contributed by atoms with Crippen LogP contribution in [0.4, 0.5) is 4.39 Å². The van der Waals surface area contributed by atoms with Gasteiger partial charge in [-0.2, -0.15) is 0 Å². The van der Waals surface area contributed by atoms with Crippen molar-refractivity contribution >= 4 is 17.4 Å². The number of benzene rings is 1. The number of hydrogen-bond acceptors (Lipinski definition) is 1. The van der Waals surface area contributed by atoms with E-state index in [0.29, 0.717) is 22.6 Å². The van der Waals surface area contributed by atoms with E-state index in [9.17, 15) is 9.18 Å². The fraction of sp³-hybridized carbons (Fsp3) is 0.364. The largest absolute Gasteiger partial charge is 0.293 e. The third kappa shape index (κ3) is 1.17. The molecule has 3 heteroatoms. The Morgan fingerprint density at radius 3 is 2.64 bits per heavy atom. The average molecular weight is 213 g/mol. The zero-order chi connectivity index (χ0) is 10.5. The molecule has 0 fully saturated rings. The number of hydrogen-bond donors (Lipinski definition) is 0. The topological polar surface area (TPSA) is 17.1 Å². The molecule has 2 rings (SSSR count). The van der Waals surface area contributed by atoms with Crippen molar-refractivity contribution in [3.63, 3.8) is 0 Å². The fourth-order valence-corrected chi connectivity index (χ4v) is 2.14. The van der Waals surface area contributed by atoms with Crippen LogP contribution in [0.15, 0.2) is 12.1 Å². The molecule has 74 valence electrons. The Hall–Kier alpha value is -0.890. The maximum atomic E-state index is 13.4. The van der Waals surface area contributed by atoms with Crippen molar-refractivity contribution < 1.29 is 9.18 Å². The molecule has 0 amide bonds. The first-order valence-corrected chi connectivity index (χ1v) is 4.83. The van der Waals surface area contributed by atoms with Gasteiger partial charge in [0.05, 0.1) is 5.02 Å². The van der Waals surface area contributed by atoms with Crippen molar-refractivity contribution in [2.75, 3.05) is 0 Å². The molecule has 0 saturated heterocycles. The van der Waals surface area contributed by atoms with Gasteiger partial charge in [-0.3, -0.25) is 4.79 Å². The van der Waals surface area contributed by atoms with Gasteiger partial charge in [0.2, 0.25) is 0 Å². The van der Waals surface area contributed by atoms with Gasteiger partial charge in [0.1, 0.15) is 5.82 Å². The maximum Gasteiger partial charge on any atom is 0.170 e. The summed E-state index contributed by atoms with van der Waals surface area (Å²) in [5.41, 5.74) is 0.318. The van der Waals surface area contributed by atoms with E-state index in [4.69, 9.17) is 11.6 Å². The summed E-state index contributed by atoms with van der Waals surface area (Å²) in [7, 11) is 0. The first-order chi connectivity index (χ1) is 6.43. The molecule has 0 atom stereocenters. The Labute approximate surface area is 86.9 Å². The molecule has 0 spiro atoms. The van der Waals surface area contributed by atoms with Crippen LogP contribution in [0.5, 0.6) is 0 Å². The quantitative estimate of drug-likeness (QED) is 0.645. The van der Waals surface area contributed by atoms with Gasteiger partial charge in [-0.25, -0.2) is 4.39 Å². The van der Waals surface area contributed by atoms with Crippen molar-refractivity contribution in [2.24, 2.45) is 5.41 Å². The van der Waals surface area contributed by atoms with E-state index in [1.807, 2.05) is 13.8 Å². The standard InChI is InChI=1S/C11H10ClFO/c1-11(2)5-6-8(13)4-3-7(12)9(6)10(11)14/h3-4H,5H2,1-2H3. The van der Waals surface area contributed by atoms with Gasteiger partial charge in [0.15, 0.2) is 5.78 Å². The summed E-state index contributed by atoms with van der Waals surface area (Å²) in [5.74, 6) is -0.389. The van der Waals surface area contributed by atoms with Crippen LogP contribution in [0.25, 0.3) is 0 Å². The van der Waals surface area contributed by atoms with Gasteiger partial charge in [-0.05, 0) is 18.6 Å². The van der Waals surface area contributed by atoms with Gasteiger partial charge in [0, 0.05) is 16.5 Å². The van der Waals surface area contributed by atoms with Crippen LogP contribution >= 0.6 is 11.6 Å². The number of halogens is 2. The molecule has 0 heterocycles. The smallest absolute Gasteiger partial charge is 0.170 e. The highest BCUT2D eigenvalue weighted by Gasteiger charge is 2.40. The van der Waals surface area contributed by atoms with E-state index < -0.39 is 5.41 Å². The summed E-state index contributed by atoms with van der Waals surface area (Å²) in [4.78, 5) is 11.8. The lowest BCUT2D eigenvalue weighted by atomic mass is 9.89. The third-order valence-corrected chi connectivity index (χ3v) is 2.98. The highest BCUT2D eigenvalue weighted by molar-refractivity contribution is 6.34. The first kappa shape index (κ1) is 9.66. The fourth-order valence-electron chi connectivity index (χ4n) is 1.87. The Balaban J connectivity index is 2.70. The van der Waals surface area contributed by atoms with E-state index in [2.05, 4.69) is 0 Å². The Kier molecular flexibility index (Phi) is 1.93. The van der Waals surface area contributed by atoms with Crippen LogP contribution in [0.1, 0.15) is 29.8 Å². The number of carbonyl (C=O) groups excluding carboxylic acids is 1. The highest BCUT2D eigenvalue weighted by atomic mass is 35.5. The lowest BCUT2D eigenvalue weighted by Crippen LogP contribution is -2.19. The summed E-state index contributed by atoms with van der Waals surface area (Å²) < 4.78 is 13.4. The molecule has 1 nitrogen and oxygen atoms in total. The average Bonchev–Trinajstić information content (AvgIpc) is 2.33. The molecule has 0 aromatic heterocycles. The lowest BCUT2D eigenvalue weighted by Gasteiger charge is -2.13. The Bertz CT molecular complexity index is 424. The van der Waals surface area contributed by atoms with Gasteiger partial charge in [-0.1, -0.05) is 25.4 Å². The van der Waals surface area contributed by atoms with Crippen LogP contribution in [-0.2, 0) is 6.42 Å². The molecule has 1 aromatic rings. The van der Waals surface area contributed by atoms with Gasteiger partial charge in [-0.15, -0.1) is 0 Å². The molecule has 0 aliphatic heterocycles. The summed E-state index contributed by atoms with van der Waals surface area (Å²) >= 11 is 5.88. The second kappa shape index (κ2) is 2.80. The van der Waals surface area contributed by atoms with E-state index in [0.717, 1.165) is 0 Å². The molecule has 1 aromatic carbocycles. The molecule has 0 saturated carbocycles. The van der Waals surface area contributed by atoms with E-state index >= 15 is 0 Å². The Morgan fingerprint density at radius 2 is 2.07 bits per heavy atom. The zero-order valence-corrected chi connectivity index (χ0v) is 8.78. The van der Waals surface area contributed by atoms with E-state index in [1.165, 1.54) is 12.1 Å². The molecular formula is C11H10ClFO. The van der Waals surface area contributed by atoms with Crippen molar-refractivity contribution in [2.45, 2.75) is 20.3 Å². The molecule has 1 aliphatic carbocycles. The van der Waals surface area contributed by atoms with E-state index in [1.54, 1.807) is 0 Å². The van der Waals surface area contributed by atoms with Crippen molar-refractivity contribution in [1.29, 1.82) is 0 Å². The monoisotopic (exact) mass is 212 g/mol. The third-order valence-electron chi connectivity index (χ3n) is 2.67. The summed E-state index contributed by atoms with van der Waals surface area (Å²) in [6.07, 6.45) is 0.438. The normalized spacial score (nSPS) is 18.4. The number of carbonyl (C=O) groups is 1. The summed E-state index contributed by atoms with van der Waals surface area (Å²) in [5, 5.41) is 0.358. The van der Waals surface area contributed by atoms with Crippen LogP contribution in [0.3, 0.4) is 0 Å². The number of rotatable bonds is 0. The zero-order valence-electron chi connectivity index (χ0n) is 8.03. The second-order valence-electron chi connectivity index (χ2n) is 4.27. The van der Waals surface area contributed by atoms with E-state index in [-0.39, 0.29) is 11.6 Å². The molecule has 0 bridgehead atoms. The van der Waals surface area contributed by atoms with Gasteiger partial charge >= 0.3 is 0 Å². The minimum atomic E-state index is -0.520. The van der Waals surface area contributed by atoms with Gasteiger partial charge < -0.3 is 0 Å². The predicted octanol–water partition coefficient (Wildman–Crippen LogP) is 3.24. The Morgan fingerprint density at radius 1 is 1.43 bits per heavy atom. The van der Waals surface area contributed by atoms with Crippen LogP contribution in [0, 0.1) is 11.2 Å². The van der Waals surface area contributed by atoms with Gasteiger partial charge in [0.25, 0.3) is 0 Å². The molecule has 0 unspecified atom stereocenters. The number of fused-ring (bicyclic) bond motifs is 1. The highest BCUT2D eigenvalue weighted by Crippen LogP contribution is 2.40. The second-order valence-corrected chi connectivity index (χ2v) is 4.68. The van der Waals surface area contributed by atoms with Crippen molar-refractivity contribution in [3.8, 4) is 0 Å². The van der Waals surface area contributed by atoms with Crippen molar-refractivity contribution in [3.05, 3.63) is 34.1 Å². The van der Waals surface area contributed by atoms with Crippen LogP contribution in [0.2, 0.25) is 5.02 Å². The maximum absolute atomic E-state index is 13.4. The summed E-state index contributed by atoms with van der Waals surface area (Å²) in [6, 6.07) is 2.75.